The van der Waals surface area contributed by atoms with Crippen LogP contribution < -0.4 is 21.2 Å². The van der Waals surface area contributed by atoms with Gasteiger partial charge in [0, 0.05) is 6.92 Å². The van der Waals surface area contributed by atoms with Crippen LogP contribution in [0.25, 0.3) is 0 Å². The Bertz CT molecular complexity index is 930. The average Bonchev–Trinajstić information content (AvgIpc) is 2.73. The molecule has 0 fully saturated rings. The summed E-state index contributed by atoms with van der Waals surface area (Å²) in [5.74, 6) is -0.836. The number of amides is 1. The van der Waals surface area contributed by atoms with Crippen LogP contribution in [0.2, 0.25) is 0 Å². The smallest absolute Gasteiger partial charge is 0.247 e. The number of aliphatic hydroxyl groups excluding tert-OH is 1. The molecular formula is C23H20N2O2P+. The van der Waals surface area contributed by atoms with E-state index in [1.165, 1.54) is 6.92 Å². The number of nitrogens with one attached hydrogen (secondary N) is 1. The summed E-state index contributed by atoms with van der Waals surface area (Å²) < 4.78 is 0. The first-order valence-corrected chi connectivity index (χ1v) is 10.6. The van der Waals surface area contributed by atoms with E-state index in [4.69, 9.17) is 0 Å². The average molecular weight is 387 g/mol. The number of benzene rings is 3. The highest BCUT2D eigenvalue weighted by Gasteiger charge is 2.52. The van der Waals surface area contributed by atoms with Crippen molar-refractivity contribution in [1.82, 2.24) is 5.32 Å². The van der Waals surface area contributed by atoms with E-state index < -0.39 is 19.1 Å². The number of carbonyl (C=O) groups excluding carboxylic acids is 1. The molecule has 3 aromatic rings. The van der Waals surface area contributed by atoms with Crippen LogP contribution in [-0.4, -0.2) is 11.0 Å². The first kappa shape index (κ1) is 19.4. The molecule has 0 spiro atoms. The molecule has 0 saturated carbocycles. The maximum Gasteiger partial charge on any atom is 0.247 e. The number of allylic oxidation sites excluding steroid dienone is 1. The SMILES string of the molecule is CC(=O)NC(O)=C(C#N)[P+](c1ccccc1)(c1ccccc1)c1ccccc1. The lowest BCUT2D eigenvalue weighted by molar-refractivity contribution is -0.118. The summed E-state index contributed by atoms with van der Waals surface area (Å²) in [6, 6.07) is 31.2. The molecule has 0 heterocycles. The van der Waals surface area contributed by atoms with Gasteiger partial charge in [-0.1, -0.05) is 54.6 Å². The maximum absolute atomic E-state index is 11.6. The molecule has 28 heavy (non-hydrogen) atoms. The summed E-state index contributed by atoms with van der Waals surface area (Å²) in [6.07, 6.45) is 0. The molecule has 4 nitrogen and oxygen atoms in total. The number of hydrogen-bond donors (Lipinski definition) is 2. The summed E-state index contributed by atoms with van der Waals surface area (Å²) >= 11 is 0. The van der Waals surface area contributed by atoms with Crippen molar-refractivity contribution in [3.63, 3.8) is 0 Å². The van der Waals surface area contributed by atoms with Gasteiger partial charge in [-0.25, -0.2) is 0 Å². The van der Waals surface area contributed by atoms with Gasteiger partial charge in [-0.3, -0.25) is 10.1 Å². The fourth-order valence-corrected chi connectivity index (χ4v) is 7.35. The van der Waals surface area contributed by atoms with Crippen LogP contribution in [0.4, 0.5) is 0 Å². The Morgan fingerprint density at radius 3 is 1.46 bits per heavy atom. The highest BCUT2D eigenvalue weighted by molar-refractivity contribution is 7.99. The molecule has 0 aromatic heterocycles. The van der Waals surface area contributed by atoms with E-state index in [1.54, 1.807) is 0 Å². The van der Waals surface area contributed by atoms with E-state index in [1.807, 2.05) is 91.0 Å². The second-order valence-electron chi connectivity index (χ2n) is 6.17. The molecule has 0 aliphatic rings. The fraction of sp³-hybridized carbons (Fsp3) is 0.0435. The highest BCUT2D eigenvalue weighted by Crippen LogP contribution is 2.62. The van der Waals surface area contributed by atoms with Crippen LogP contribution in [0.1, 0.15) is 6.92 Å². The molecule has 0 saturated heterocycles. The van der Waals surface area contributed by atoms with E-state index >= 15 is 0 Å². The number of rotatable bonds is 5. The first-order valence-electron chi connectivity index (χ1n) is 8.78. The third-order valence-electron chi connectivity index (χ3n) is 4.39. The lowest BCUT2D eigenvalue weighted by Gasteiger charge is -2.26. The van der Waals surface area contributed by atoms with E-state index in [2.05, 4.69) is 11.4 Å². The van der Waals surface area contributed by atoms with Gasteiger partial charge in [-0.15, -0.1) is 0 Å². The van der Waals surface area contributed by atoms with Gasteiger partial charge in [-0.2, -0.15) is 5.26 Å². The normalized spacial score (nSPS) is 11.9. The Morgan fingerprint density at radius 1 is 0.821 bits per heavy atom. The van der Waals surface area contributed by atoms with Crippen molar-refractivity contribution in [3.8, 4) is 6.07 Å². The fourth-order valence-electron chi connectivity index (χ4n) is 3.30. The van der Waals surface area contributed by atoms with Gasteiger partial charge in [0.1, 0.15) is 22.0 Å². The van der Waals surface area contributed by atoms with Crippen molar-refractivity contribution in [2.45, 2.75) is 6.92 Å². The largest absolute Gasteiger partial charge is 0.491 e. The van der Waals surface area contributed by atoms with E-state index in [9.17, 15) is 15.2 Å². The topological polar surface area (TPSA) is 73.1 Å². The molecule has 0 aliphatic heterocycles. The Balaban J connectivity index is 2.48. The van der Waals surface area contributed by atoms with Crippen LogP contribution in [0, 0.1) is 11.3 Å². The zero-order valence-corrected chi connectivity index (χ0v) is 16.3. The number of nitrogens with zero attached hydrogens (tertiary/aromatic N) is 1. The lowest BCUT2D eigenvalue weighted by atomic mass is 10.3. The third-order valence-corrected chi connectivity index (χ3v) is 8.59. The van der Waals surface area contributed by atoms with E-state index in [0.29, 0.717) is 0 Å². The molecule has 3 rings (SSSR count). The molecule has 2 N–H and O–H groups in total. The summed E-state index contributed by atoms with van der Waals surface area (Å²) in [4.78, 5) is 11.6. The van der Waals surface area contributed by atoms with Crippen molar-refractivity contribution in [2.75, 3.05) is 0 Å². The van der Waals surface area contributed by atoms with E-state index in [-0.39, 0.29) is 5.31 Å². The number of aliphatic hydroxyl groups is 1. The molecule has 0 bridgehead atoms. The van der Waals surface area contributed by atoms with Crippen LogP contribution in [0.15, 0.2) is 102 Å². The van der Waals surface area contributed by atoms with Gasteiger partial charge in [0.25, 0.3) is 0 Å². The monoisotopic (exact) mass is 387 g/mol. The predicted octanol–water partition coefficient (Wildman–Crippen LogP) is 3.37. The second kappa shape index (κ2) is 8.52. The molecular weight excluding hydrogens is 367 g/mol. The zero-order chi connectivity index (χ0) is 20.0. The van der Waals surface area contributed by atoms with Crippen LogP contribution in [0.5, 0.6) is 0 Å². The van der Waals surface area contributed by atoms with Crippen LogP contribution in [-0.2, 0) is 4.79 Å². The minimum Gasteiger partial charge on any atom is -0.491 e. The van der Waals surface area contributed by atoms with Gasteiger partial charge in [0.2, 0.25) is 17.1 Å². The van der Waals surface area contributed by atoms with Gasteiger partial charge in [0.05, 0.1) is 0 Å². The summed E-state index contributed by atoms with van der Waals surface area (Å²) in [5.41, 5.74) is 0. The highest BCUT2D eigenvalue weighted by atomic mass is 31.2. The molecule has 3 aromatic carbocycles. The number of carbonyl (C=O) groups is 1. The van der Waals surface area contributed by atoms with Crippen molar-refractivity contribution in [3.05, 3.63) is 102 Å². The Hall–Kier alpha value is -3.41. The van der Waals surface area contributed by atoms with E-state index in [0.717, 1.165) is 15.9 Å². The minimum atomic E-state index is -2.72. The van der Waals surface area contributed by atoms with Crippen molar-refractivity contribution in [2.24, 2.45) is 0 Å². The first-order chi connectivity index (χ1) is 13.6. The minimum absolute atomic E-state index is 0.159. The molecule has 138 valence electrons. The Labute approximate surface area is 165 Å². The standard InChI is InChI=1S/C23H19N2O2P/c1-18(26)25-23(27)22(17-24)28(19-11-5-2-6-12-19,20-13-7-3-8-14-20)21-15-9-4-10-16-21/h2-16H,1H3,(H-,25,26,27)/p+1. The van der Waals surface area contributed by atoms with Crippen LogP contribution >= 0.6 is 7.26 Å². The maximum atomic E-state index is 11.6. The summed E-state index contributed by atoms with van der Waals surface area (Å²) in [5, 5.41) is 26.2. The summed E-state index contributed by atoms with van der Waals surface area (Å²) in [7, 11) is -2.72. The van der Waals surface area contributed by atoms with Crippen molar-refractivity contribution < 1.29 is 9.90 Å². The number of hydrogen-bond acceptors (Lipinski definition) is 3. The molecule has 0 atom stereocenters. The van der Waals surface area contributed by atoms with Gasteiger partial charge in [-0.05, 0) is 36.4 Å². The predicted molar refractivity (Wildman–Crippen MR) is 114 cm³/mol. The quantitative estimate of drug-likeness (QED) is 0.401. The molecule has 0 unspecified atom stereocenters. The Morgan fingerprint density at radius 2 is 1.18 bits per heavy atom. The second-order valence-corrected chi connectivity index (χ2v) is 9.51. The molecule has 0 radical (unpaired) electrons. The lowest BCUT2D eigenvalue weighted by Crippen LogP contribution is -2.34. The molecule has 5 heteroatoms. The molecule has 1 amide bonds. The molecule has 0 aliphatic carbocycles. The van der Waals surface area contributed by atoms with Gasteiger partial charge in [0.15, 0.2) is 7.26 Å². The van der Waals surface area contributed by atoms with Crippen molar-refractivity contribution >= 4 is 29.1 Å². The zero-order valence-electron chi connectivity index (χ0n) is 15.4. The Kier molecular flexibility index (Phi) is 5.89. The summed E-state index contributed by atoms with van der Waals surface area (Å²) in [6.45, 7) is 1.30. The van der Waals surface area contributed by atoms with Crippen LogP contribution in [0.3, 0.4) is 0 Å². The van der Waals surface area contributed by atoms with Gasteiger partial charge < -0.3 is 5.11 Å². The van der Waals surface area contributed by atoms with Gasteiger partial charge >= 0.3 is 0 Å². The van der Waals surface area contributed by atoms with Crippen molar-refractivity contribution in [1.29, 1.82) is 5.26 Å². The third kappa shape index (κ3) is 3.53. The number of nitriles is 1.